The summed E-state index contributed by atoms with van der Waals surface area (Å²) in [5, 5.41) is 8.58. The lowest BCUT2D eigenvalue weighted by Crippen LogP contribution is -2.10. The van der Waals surface area contributed by atoms with Crippen LogP contribution >= 0.6 is 0 Å². The highest BCUT2D eigenvalue weighted by Crippen LogP contribution is 2.29. The molecular formula is C22H25N5O6S. The van der Waals surface area contributed by atoms with Gasteiger partial charge in [-0.3, -0.25) is 4.18 Å². The Morgan fingerprint density at radius 3 is 2.50 bits per heavy atom. The smallest absolute Gasteiger partial charge is 0.264 e. The van der Waals surface area contributed by atoms with Crippen LogP contribution in [0.2, 0.25) is 0 Å². The summed E-state index contributed by atoms with van der Waals surface area (Å²) >= 11 is 0. The average molecular weight is 488 g/mol. The summed E-state index contributed by atoms with van der Waals surface area (Å²) in [4.78, 5) is 9.35. The number of benzene rings is 2. The van der Waals surface area contributed by atoms with E-state index in [4.69, 9.17) is 23.4 Å². The van der Waals surface area contributed by atoms with Crippen LogP contribution in [0.4, 0.5) is 5.95 Å². The Kier molecular flexibility index (Phi) is 6.70. The number of ether oxygens (including phenoxy) is 3. The summed E-state index contributed by atoms with van der Waals surface area (Å²) < 4.78 is 45.3. The van der Waals surface area contributed by atoms with E-state index in [0.29, 0.717) is 46.7 Å². The minimum absolute atomic E-state index is 0.0593. The first-order valence-electron chi connectivity index (χ1n) is 10.3. The van der Waals surface area contributed by atoms with Crippen molar-refractivity contribution in [2.75, 3.05) is 39.5 Å². The first-order chi connectivity index (χ1) is 16.3. The van der Waals surface area contributed by atoms with E-state index in [0.717, 1.165) is 17.2 Å². The molecule has 4 aromatic rings. The zero-order chi connectivity index (χ0) is 24.3. The minimum atomic E-state index is -3.55. The van der Waals surface area contributed by atoms with Gasteiger partial charge in [0.1, 0.15) is 22.8 Å². The van der Waals surface area contributed by atoms with Crippen molar-refractivity contribution in [1.82, 2.24) is 19.6 Å². The van der Waals surface area contributed by atoms with Gasteiger partial charge in [-0.2, -0.15) is 12.9 Å². The van der Waals surface area contributed by atoms with Crippen molar-refractivity contribution in [3.05, 3.63) is 47.8 Å². The number of methoxy groups -OCH3 is 3. The van der Waals surface area contributed by atoms with Crippen LogP contribution in [0.3, 0.4) is 0 Å². The Morgan fingerprint density at radius 2 is 1.79 bits per heavy atom. The van der Waals surface area contributed by atoms with Gasteiger partial charge in [0.05, 0.1) is 34.2 Å². The number of anilines is 1. The first kappa shape index (κ1) is 23.5. The van der Waals surface area contributed by atoms with E-state index in [1.165, 1.54) is 0 Å². The molecule has 180 valence electrons. The topological polar surface area (TPSA) is 126 Å². The van der Waals surface area contributed by atoms with Crippen molar-refractivity contribution in [2.24, 2.45) is 0 Å². The molecule has 0 saturated heterocycles. The molecule has 2 heterocycles. The molecule has 12 heteroatoms. The fourth-order valence-electron chi connectivity index (χ4n) is 3.49. The molecule has 0 unspecified atom stereocenters. The fourth-order valence-corrected chi connectivity index (χ4v) is 3.88. The molecule has 0 amide bonds. The van der Waals surface area contributed by atoms with Crippen LogP contribution in [0.1, 0.15) is 11.4 Å². The number of fused-ring (bicyclic) bond motifs is 3. The predicted octanol–water partition coefficient (Wildman–Crippen LogP) is 2.43. The zero-order valence-electron chi connectivity index (χ0n) is 19.2. The molecule has 0 radical (unpaired) electrons. The van der Waals surface area contributed by atoms with E-state index in [2.05, 4.69) is 15.4 Å². The maximum atomic E-state index is 11.3. The third-order valence-corrected chi connectivity index (χ3v) is 5.68. The maximum Gasteiger partial charge on any atom is 0.264 e. The number of hydrogen-bond acceptors (Lipinski definition) is 10. The van der Waals surface area contributed by atoms with Crippen LogP contribution < -0.4 is 19.5 Å². The summed E-state index contributed by atoms with van der Waals surface area (Å²) in [6.45, 7) is 0.332. The van der Waals surface area contributed by atoms with Crippen LogP contribution in [0, 0.1) is 0 Å². The van der Waals surface area contributed by atoms with Crippen molar-refractivity contribution in [3.63, 3.8) is 0 Å². The van der Waals surface area contributed by atoms with Crippen molar-refractivity contribution in [1.29, 1.82) is 0 Å². The van der Waals surface area contributed by atoms with Gasteiger partial charge in [-0.05, 0) is 24.3 Å². The minimum Gasteiger partial charge on any atom is -0.497 e. The van der Waals surface area contributed by atoms with Crippen LogP contribution in [0.25, 0.3) is 16.6 Å². The molecule has 34 heavy (non-hydrogen) atoms. The van der Waals surface area contributed by atoms with E-state index in [1.54, 1.807) is 31.9 Å². The molecule has 0 saturated carbocycles. The summed E-state index contributed by atoms with van der Waals surface area (Å²) in [5.41, 5.74) is 2.07. The van der Waals surface area contributed by atoms with E-state index >= 15 is 0 Å². The van der Waals surface area contributed by atoms with Gasteiger partial charge in [-0.25, -0.2) is 9.97 Å². The van der Waals surface area contributed by atoms with Gasteiger partial charge >= 0.3 is 0 Å². The molecule has 1 N–H and O–H groups in total. The molecule has 4 rings (SSSR count). The van der Waals surface area contributed by atoms with Crippen molar-refractivity contribution in [3.8, 4) is 17.2 Å². The Bertz CT molecular complexity index is 1440. The van der Waals surface area contributed by atoms with Gasteiger partial charge in [0.15, 0.2) is 11.5 Å². The fraction of sp³-hybridized carbons (Fsp3) is 0.318. The molecule has 2 aromatic heterocycles. The van der Waals surface area contributed by atoms with Crippen LogP contribution in [0.15, 0.2) is 36.4 Å². The largest absolute Gasteiger partial charge is 0.497 e. The quantitative estimate of drug-likeness (QED) is 0.333. The Labute approximate surface area is 196 Å². The van der Waals surface area contributed by atoms with E-state index < -0.39 is 10.1 Å². The van der Waals surface area contributed by atoms with Gasteiger partial charge < -0.3 is 19.5 Å². The van der Waals surface area contributed by atoms with Gasteiger partial charge in [0, 0.05) is 30.0 Å². The number of nitrogens with zero attached hydrogens (tertiary/aromatic N) is 4. The second kappa shape index (κ2) is 9.69. The first-order valence-corrected chi connectivity index (χ1v) is 12.2. The molecule has 0 spiro atoms. The highest BCUT2D eigenvalue weighted by atomic mass is 32.2. The highest BCUT2D eigenvalue weighted by Gasteiger charge is 2.17. The van der Waals surface area contributed by atoms with E-state index in [1.807, 2.05) is 30.3 Å². The molecule has 0 atom stereocenters. The van der Waals surface area contributed by atoms with Gasteiger partial charge in [-0.1, -0.05) is 6.07 Å². The normalized spacial score (nSPS) is 11.6. The lowest BCUT2D eigenvalue weighted by molar-refractivity contribution is 0.323. The van der Waals surface area contributed by atoms with Gasteiger partial charge in [-0.15, -0.1) is 5.10 Å². The lowest BCUT2D eigenvalue weighted by Gasteiger charge is -2.13. The average Bonchev–Trinajstić information content (AvgIpc) is 3.25. The number of para-hydroxylation sites is 1. The summed E-state index contributed by atoms with van der Waals surface area (Å²) in [6.07, 6.45) is 1.22. The Balaban J connectivity index is 1.73. The summed E-state index contributed by atoms with van der Waals surface area (Å²) in [6, 6.07) is 11.1. The zero-order valence-corrected chi connectivity index (χ0v) is 20.0. The Morgan fingerprint density at radius 1 is 1.00 bits per heavy atom. The standard InChI is InChI=1S/C22H25N5O6S/c1-30-15-9-8-14(18(12-15)32-3)13-23-22-25-20-16(6-5-7-17(20)31-2)21-24-19(26-27(21)22)10-11-33-34(4,28)29/h5-9,12H,10-11,13H2,1-4H3,(H,23,25). The third-order valence-electron chi connectivity index (χ3n) is 5.08. The second-order valence-corrected chi connectivity index (χ2v) is 9.01. The number of rotatable bonds is 10. The van der Waals surface area contributed by atoms with Crippen molar-refractivity contribution >= 4 is 32.6 Å². The molecular weight excluding hydrogens is 462 g/mol. The number of hydrogen-bond donors (Lipinski definition) is 1. The van der Waals surface area contributed by atoms with Crippen molar-refractivity contribution < 1.29 is 26.8 Å². The van der Waals surface area contributed by atoms with Crippen LogP contribution in [0.5, 0.6) is 17.2 Å². The van der Waals surface area contributed by atoms with E-state index in [9.17, 15) is 8.42 Å². The molecule has 0 fully saturated rings. The molecule has 0 aliphatic carbocycles. The summed E-state index contributed by atoms with van der Waals surface area (Å²) in [5.74, 6) is 2.81. The highest BCUT2D eigenvalue weighted by molar-refractivity contribution is 7.85. The monoisotopic (exact) mass is 487 g/mol. The summed E-state index contributed by atoms with van der Waals surface area (Å²) in [7, 11) is 1.22. The molecule has 0 bridgehead atoms. The number of aromatic nitrogens is 4. The molecule has 0 aliphatic heterocycles. The van der Waals surface area contributed by atoms with Gasteiger partial charge in [0.25, 0.3) is 10.1 Å². The molecule has 0 aliphatic rings. The molecule has 11 nitrogen and oxygen atoms in total. The van der Waals surface area contributed by atoms with Gasteiger partial charge in [0.2, 0.25) is 5.95 Å². The van der Waals surface area contributed by atoms with E-state index in [-0.39, 0.29) is 13.0 Å². The lowest BCUT2D eigenvalue weighted by atomic mass is 10.2. The van der Waals surface area contributed by atoms with Crippen molar-refractivity contribution in [2.45, 2.75) is 13.0 Å². The molecule has 2 aromatic carbocycles. The second-order valence-electron chi connectivity index (χ2n) is 7.36. The van der Waals surface area contributed by atoms with Crippen LogP contribution in [-0.2, 0) is 27.3 Å². The predicted molar refractivity (Wildman–Crippen MR) is 126 cm³/mol. The van der Waals surface area contributed by atoms with Crippen LogP contribution in [-0.4, -0.2) is 62.2 Å². The number of nitrogens with one attached hydrogen (secondary N) is 1. The third kappa shape index (κ3) is 4.97. The SMILES string of the molecule is COc1ccc(CNc2nc3c(OC)cccc3c3nc(CCOS(C)(=O)=O)nn23)c(OC)c1. The Hall–Kier alpha value is -3.64. The maximum absolute atomic E-state index is 11.3.